The average molecular weight is 419 g/mol. The molecule has 1 aliphatic rings. The maximum Gasteiger partial charge on any atom is 0.337 e. The van der Waals surface area contributed by atoms with Gasteiger partial charge in [-0.2, -0.15) is 0 Å². The second-order valence-corrected chi connectivity index (χ2v) is 8.90. The van der Waals surface area contributed by atoms with E-state index >= 15 is 0 Å². The van der Waals surface area contributed by atoms with Gasteiger partial charge in [0.15, 0.2) is 0 Å². The fourth-order valence-corrected chi connectivity index (χ4v) is 4.44. The minimum absolute atomic E-state index is 0.0759. The summed E-state index contributed by atoms with van der Waals surface area (Å²) < 4.78 is 33.1. The Kier molecular flexibility index (Phi) is 6.32. The molecule has 0 unspecified atom stereocenters. The van der Waals surface area contributed by atoms with Crippen molar-refractivity contribution in [3.8, 4) is 5.75 Å². The highest BCUT2D eigenvalue weighted by atomic mass is 32.2. The van der Waals surface area contributed by atoms with Gasteiger partial charge in [-0.05, 0) is 68.1 Å². The molecule has 2 N–H and O–H groups in total. The summed E-state index contributed by atoms with van der Waals surface area (Å²) in [6, 6.07) is 10.7. The van der Waals surface area contributed by atoms with Crippen molar-refractivity contribution in [2.24, 2.45) is 5.92 Å². The molecule has 0 aromatic heterocycles. The van der Waals surface area contributed by atoms with Gasteiger partial charge in [0, 0.05) is 18.8 Å². The van der Waals surface area contributed by atoms with E-state index in [2.05, 4.69) is 11.6 Å². The third-order valence-corrected chi connectivity index (χ3v) is 6.45. The highest BCUT2D eigenvalue weighted by Crippen LogP contribution is 2.29. The van der Waals surface area contributed by atoms with Crippen molar-refractivity contribution in [3.63, 3.8) is 0 Å². The number of sulfonamides is 1. The van der Waals surface area contributed by atoms with Crippen molar-refractivity contribution in [1.29, 1.82) is 0 Å². The topological polar surface area (TPSA) is 95.9 Å². The molecule has 2 aromatic carbocycles. The van der Waals surface area contributed by atoms with Crippen LogP contribution in [0.1, 0.15) is 37.0 Å². The minimum Gasteiger partial charge on any atom is -0.494 e. The van der Waals surface area contributed by atoms with Crippen LogP contribution in [0, 0.1) is 5.92 Å². The Morgan fingerprint density at radius 3 is 2.41 bits per heavy atom. The first-order valence-corrected chi connectivity index (χ1v) is 11.2. The van der Waals surface area contributed by atoms with E-state index in [1.807, 2.05) is 11.8 Å². The lowest BCUT2D eigenvalue weighted by atomic mass is 9.98. The molecular formula is C21H26N2O5S. The Morgan fingerprint density at radius 1 is 1.17 bits per heavy atom. The quantitative estimate of drug-likeness (QED) is 0.710. The van der Waals surface area contributed by atoms with Crippen molar-refractivity contribution < 1.29 is 23.1 Å². The third kappa shape index (κ3) is 5.00. The Morgan fingerprint density at radius 2 is 1.83 bits per heavy atom. The predicted molar refractivity (Wildman–Crippen MR) is 112 cm³/mol. The van der Waals surface area contributed by atoms with Crippen molar-refractivity contribution in [3.05, 3.63) is 48.0 Å². The molecule has 0 bridgehead atoms. The number of anilines is 2. The fraction of sp³-hybridized carbons (Fsp3) is 0.381. The van der Waals surface area contributed by atoms with Crippen LogP contribution in [0.25, 0.3) is 0 Å². The van der Waals surface area contributed by atoms with Crippen LogP contribution in [0.3, 0.4) is 0 Å². The maximum absolute atomic E-state index is 12.7. The van der Waals surface area contributed by atoms with Crippen molar-refractivity contribution in [2.45, 2.75) is 31.6 Å². The average Bonchev–Trinajstić information content (AvgIpc) is 2.69. The second kappa shape index (κ2) is 8.73. The number of nitrogens with zero attached hydrogens (tertiary/aromatic N) is 1. The van der Waals surface area contributed by atoms with Crippen LogP contribution in [-0.2, 0) is 10.0 Å². The zero-order valence-corrected chi connectivity index (χ0v) is 17.4. The summed E-state index contributed by atoms with van der Waals surface area (Å²) in [5.74, 6) is 0.125. The largest absolute Gasteiger partial charge is 0.494 e. The first-order valence-electron chi connectivity index (χ1n) is 9.68. The molecule has 1 saturated heterocycles. The van der Waals surface area contributed by atoms with Crippen LogP contribution in [0.4, 0.5) is 11.4 Å². The Hall–Kier alpha value is -2.74. The summed E-state index contributed by atoms with van der Waals surface area (Å²) in [6.07, 6.45) is 2.01. The molecule has 0 amide bonds. The lowest BCUT2D eigenvalue weighted by molar-refractivity contribution is 0.0697. The molecule has 1 heterocycles. The highest BCUT2D eigenvalue weighted by molar-refractivity contribution is 7.92. The van der Waals surface area contributed by atoms with Crippen LogP contribution < -0.4 is 14.4 Å². The molecule has 0 atom stereocenters. The van der Waals surface area contributed by atoms with E-state index < -0.39 is 16.0 Å². The van der Waals surface area contributed by atoms with Crippen LogP contribution in [0.2, 0.25) is 0 Å². The van der Waals surface area contributed by atoms with Crippen molar-refractivity contribution >= 4 is 27.4 Å². The zero-order chi connectivity index (χ0) is 21.0. The van der Waals surface area contributed by atoms with Gasteiger partial charge in [-0.3, -0.25) is 4.72 Å². The molecule has 156 valence electrons. The third-order valence-electron chi connectivity index (χ3n) is 5.05. The summed E-state index contributed by atoms with van der Waals surface area (Å²) in [6.45, 7) is 6.11. The number of hydrogen-bond acceptors (Lipinski definition) is 5. The number of nitrogens with one attached hydrogen (secondary N) is 1. The van der Waals surface area contributed by atoms with E-state index in [9.17, 15) is 18.3 Å². The molecule has 0 saturated carbocycles. The molecule has 7 nitrogen and oxygen atoms in total. The standard InChI is InChI=1S/C21H26N2O5S/c1-3-28-17-5-7-18(8-6-17)29(26,27)22-16-4-9-20(19(14-16)21(24)25)23-12-10-15(2)11-13-23/h4-9,14-15,22H,3,10-13H2,1-2H3,(H,24,25). The number of aromatic carboxylic acids is 1. The smallest absolute Gasteiger partial charge is 0.337 e. The van der Waals surface area contributed by atoms with Crippen molar-refractivity contribution in [1.82, 2.24) is 0 Å². The van der Waals surface area contributed by atoms with E-state index in [1.54, 1.807) is 24.3 Å². The molecule has 29 heavy (non-hydrogen) atoms. The summed E-state index contributed by atoms with van der Waals surface area (Å²) in [5, 5.41) is 9.65. The van der Waals surface area contributed by atoms with Gasteiger partial charge in [0.05, 0.1) is 22.8 Å². The lowest BCUT2D eigenvalue weighted by Gasteiger charge is -2.33. The first kappa shape index (κ1) is 21.0. The molecule has 8 heteroatoms. The fourth-order valence-electron chi connectivity index (χ4n) is 3.39. The van der Waals surface area contributed by atoms with Gasteiger partial charge in [0.2, 0.25) is 0 Å². The number of carboxylic acid groups (broad SMARTS) is 1. The molecule has 2 aromatic rings. The summed E-state index contributed by atoms with van der Waals surface area (Å²) >= 11 is 0. The van der Waals surface area contributed by atoms with Gasteiger partial charge in [-0.15, -0.1) is 0 Å². The molecular weight excluding hydrogens is 392 g/mol. The molecule has 0 radical (unpaired) electrons. The van der Waals surface area contributed by atoms with Gasteiger partial charge in [0.1, 0.15) is 5.75 Å². The summed E-state index contributed by atoms with van der Waals surface area (Å²) in [7, 11) is -3.84. The molecule has 1 fully saturated rings. The van der Waals surface area contributed by atoms with Crippen LogP contribution in [0.5, 0.6) is 5.75 Å². The Labute approximate surface area is 171 Å². The van der Waals surface area contributed by atoms with Crippen LogP contribution >= 0.6 is 0 Å². The SMILES string of the molecule is CCOc1ccc(S(=O)(=O)Nc2ccc(N3CCC(C)CC3)c(C(=O)O)c2)cc1. The maximum atomic E-state index is 12.7. The van der Waals surface area contributed by atoms with Gasteiger partial charge < -0.3 is 14.7 Å². The number of ether oxygens (including phenoxy) is 1. The zero-order valence-electron chi connectivity index (χ0n) is 16.6. The number of rotatable bonds is 7. The van der Waals surface area contributed by atoms with Crippen LogP contribution in [-0.4, -0.2) is 39.2 Å². The number of piperidine rings is 1. The minimum atomic E-state index is -3.84. The number of hydrogen-bond donors (Lipinski definition) is 2. The van der Waals surface area contributed by atoms with E-state index in [-0.39, 0.29) is 16.1 Å². The van der Waals surface area contributed by atoms with Crippen molar-refractivity contribution in [2.75, 3.05) is 29.3 Å². The van der Waals surface area contributed by atoms with E-state index in [1.165, 1.54) is 18.2 Å². The second-order valence-electron chi connectivity index (χ2n) is 7.22. The summed E-state index contributed by atoms with van der Waals surface area (Å²) in [5.41, 5.74) is 0.922. The van der Waals surface area contributed by atoms with E-state index in [0.717, 1.165) is 25.9 Å². The molecule has 1 aliphatic heterocycles. The molecule has 0 spiro atoms. The normalized spacial score (nSPS) is 15.2. The predicted octanol–water partition coefficient (Wildman–Crippen LogP) is 3.82. The van der Waals surface area contributed by atoms with Gasteiger partial charge in [-0.25, -0.2) is 13.2 Å². The lowest BCUT2D eigenvalue weighted by Crippen LogP contribution is -2.33. The molecule has 0 aliphatic carbocycles. The van der Waals surface area contributed by atoms with E-state index in [4.69, 9.17) is 4.74 Å². The first-order chi connectivity index (χ1) is 13.8. The van der Waals surface area contributed by atoms with Gasteiger partial charge in [-0.1, -0.05) is 6.92 Å². The van der Waals surface area contributed by atoms with E-state index in [0.29, 0.717) is 24.0 Å². The number of benzene rings is 2. The number of carbonyl (C=O) groups is 1. The Bertz CT molecular complexity index is 965. The Balaban J connectivity index is 1.83. The van der Waals surface area contributed by atoms with Crippen LogP contribution in [0.15, 0.2) is 47.4 Å². The number of carboxylic acids is 1. The summed E-state index contributed by atoms with van der Waals surface area (Å²) in [4.78, 5) is 13.9. The highest BCUT2D eigenvalue weighted by Gasteiger charge is 2.22. The molecule has 3 rings (SSSR count). The monoisotopic (exact) mass is 418 g/mol. The van der Waals surface area contributed by atoms with Gasteiger partial charge >= 0.3 is 5.97 Å². The van der Waals surface area contributed by atoms with Gasteiger partial charge in [0.25, 0.3) is 10.0 Å².